The summed E-state index contributed by atoms with van der Waals surface area (Å²) in [5.74, 6) is -2.63. The number of hydrogen-bond donors (Lipinski definition) is 2. The van der Waals surface area contributed by atoms with Gasteiger partial charge in [0.1, 0.15) is 5.75 Å². The summed E-state index contributed by atoms with van der Waals surface area (Å²) in [5, 5.41) is 14.8. The molecule has 1 aliphatic heterocycles. The first-order valence-corrected chi connectivity index (χ1v) is 8.47. The molecule has 0 bridgehead atoms. The second-order valence-electron chi connectivity index (χ2n) is 5.88. The molecule has 0 saturated carbocycles. The zero-order valence-corrected chi connectivity index (χ0v) is 14.7. The van der Waals surface area contributed by atoms with Crippen LogP contribution in [0.2, 0.25) is 0 Å². The second kappa shape index (κ2) is 9.58. The van der Waals surface area contributed by atoms with Crippen LogP contribution in [0.25, 0.3) is 0 Å². The molecule has 138 valence electrons. The van der Waals surface area contributed by atoms with Crippen molar-refractivity contribution >= 4 is 11.9 Å². The molecule has 6 heteroatoms. The third-order valence-corrected chi connectivity index (χ3v) is 4.06. The van der Waals surface area contributed by atoms with Crippen molar-refractivity contribution in [2.45, 2.75) is 26.4 Å². The molecule has 1 aliphatic rings. The Labute approximate surface area is 152 Å². The Morgan fingerprint density at radius 3 is 2.27 bits per heavy atom. The molecule has 0 aliphatic carbocycles. The number of fused-ring (bicyclic) bond motifs is 1. The van der Waals surface area contributed by atoms with E-state index in [4.69, 9.17) is 24.5 Å². The highest BCUT2D eigenvalue weighted by Gasteiger charge is 2.16. The van der Waals surface area contributed by atoms with Crippen molar-refractivity contribution < 1.29 is 24.5 Å². The average Bonchev–Trinajstić information content (AvgIpc) is 2.64. The van der Waals surface area contributed by atoms with Gasteiger partial charge in [0.05, 0.1) is 6.61 Å². The van der Waals surface area contributed by atoms with Crippen LogP contribution >= 0.6 is 0 Å². The van der Waals surface area contributed by atoms with E-state index in [2.05, 4.69) is 47.4 Å². The van der Waals surface area contributed by atoms with Crippen LogP contribution in [0.4, 0.5) is 0 Å². The van der Waals surface area contributed by atoms with Crippen LogP contribution in [0.15, 0.2) is 48.5 Å². The molecule has 3 rings (SSSR count). The molecule has 0 aromatic heterocycles. The Morgan fingerprint density at radius 2 is 1.62 bits per heavy atom. The van der Waals surface area contributed by atoms with Gasteiger partial charge in [0.2, 0.25) is 0 Å². The topological polar surface area (TPSA) is 87.1 Å². The minimum Gasteiger partial charge on any atom is -0.494 e. The van der Waals surface area contributed by atoms with Gasteiger partial charge >= 0.3 is 11.9 Å². The smallest absolute Gasteiger partial charge is 0.414 e. The Bertz CT molecular complexity index is 747. The van der Waals surface area contributed by atoms with Crippen molar-refractivity contribution in [2.24, 2.45) is 0 Å². The van der Waals surface area contributed by atoms with Crippen molar-refractivity contribution in [3.63, 3.8) is 0 Å². The highest BCUT2D eigenvalue weighted by molar-refractivity contribution is 6.27. The fourth-order valence-electron chi connectivity index (χ4n) is 2.86. The Kier molecular flexibility index (Phi) is 7.17. The van der Waals surface area contributed by atoms with E-state index in [9.17, 15) is 0 Å². The number of para-hydroxylation sites is 1. The Hall–Kier alpha value is -2.86. The number of carboxylic acids is 2. The second-order valence-corrected chi connectivity index (χ2v) is 5.88. The lowest BCUT2D eigenvalue weighted by Crippen LogP contribution is -2.30. The minimum atomic E-state index is -1.82. The van der Waals surface area contributed by atoms with Gasteiger partial charge in [-0.15, -0.1) is 0 Å². The average molecular weight is 357 g/mol. The van der Waals surface area contributed by atoms with E-state index in [1.165, 1.54) is 16.7 Å². The fourth-order valence-corrected chi connectivity index (χ4v) is 2.86. The maximum atomic E-state index is 9.10. The first kappa shape index (κ1) is 19.5. The molecule has 0 spiro atoms. The summed E-state index contributed by atoms with van der Waals surface area (Å²) >= 11 is 0. The van der Waals surface area contributed by atoms with Crippen molar-refractivity contribution in [2.75, 3.05) is 13.2 Å². The fraction of sp³-hybridized carbons (Fsp3) is 0.300. The van der Waals surface area contributed by atoms with E-state index in [-0.39, 0.29) is 0 Å². The van der Waals surface area contributed by atoms with Gasteiger partial charge in [-0.2, -0.15) is 0 Å². The van der Waals surface area contributed by atoms with Crippen LogP contribution in [0, 0.1) is 0 Å². The number of ether oxygens (including phenoxy) is 1. The molecule has 0 atom stereocenters. The number of rotatable bonds is 4. The third kappa shape index (κ3) is 5.60. The maximum absolute atomic E-state index is 9.10. The zero-order chi connectivity index (χ0) is 18.9. The zero-order valence-electron chi connectivity index (χ0n) is 14.7. The lowest BCUT2D eigenvalue weighted by atomic mass is 9.99. The first-order chi connectivity index (χ1) is 12.5. The van der Waals surface area contributed by atoms with Crippen LogP contribution in [-0.2, 0) is 29.1 Å². The van der Waals surface area contributed by atoms with Gasteiger partial charge in [0, 0.05) is 25.2 Å². The molecule has 2 N–H and O–H groups in total. The van der Waals surface area contributed by atoms with E-state index in [1.807, 2.05) is 13.0 Å². The van der Waals surface area contributed by atoms with Crippen molar-refractivity contribution in [1.82, 2.24) is 4.90 Å². The summed E-state index contributed by atoms with van der Waals surface area (Å²) in [7, 11) is 0. The predicted molar refractivity (Wildman–Crippen MR) is 97.1 cm³/mol. The third-order valence-electron chi connectivity index (χ3n) is 4.06. The van der Waals surface area contributed by atoms with Gasteiger partial charge in [-0.3, -0.25) is 4.90 Å². The summed E-state index contributed by atoms with van der Waals surface area (Å²) in [4.78, 5) is 20.7. The lowest BCUT2D eigenvalue weighted by molar-refractivity contribution is -0.159. The number of benzene rings is 2. The summed E-state index contributed by atoms with van der Waals surface area (Å²) in [6, 6.07) is 17.1. The Morgan fingerprint density at radius 1 is 1.00 bits per heavy atom. The van der Waals surface area contributed by atoms with Crippen LogP contribution in [0.3, 0.4) is 0 Å². The number of nitrogens with zero attached hydrogens (tertiary/aromatic N) is 1. The van der Waals surface area contributed by atoms with Gasteiger partial charge in [0.25, 0.3) is 0 Å². The molecule has 0 unspecified atom stereocenters. The minimum absolute atomic E-state index is 0.722. The van der Waals surface area contributed by atoms with E-state index in [0.717, 1.165) is 38.4 Å². The van der Waals surface area contributed by atoms with Crippen LogP contribution < -0.4 is 4.74 Å². The van der Waals surface area contributed by atoms with Crippen LogP contribution in [0.1, 0.15) is 23.6 Å². The maximum Gasteiger partial charge on any atom is 0.414 e. The largest absolute Gasteiger partial charge is 0.494 e. The van der Waals surface area contributed by atoms with E-state index in [0.29, 0.717) is 0 Å². The molecule has 0 radical (unpaired) electrons. The molecular weight excluding hydrogens is 334 g/mol. The number of carbonyl (C=O) groups is 2. The van der Waals surface area contributed by atoms with Gasteiger partial charge in [-0.25, -0.2) is 9.59 Å². The molecule has 26 heavy (non-hydrogen) atoms. The van der Waals surface area contributed by atoms with Crippen molar-refractivity contribution in [1.29, 1.82) is 0 Å². The highest BCUT2D eigenvalue weighted by Crippen LogP contribution is 2.24. The standard InChI is InChI=1S/C18H21NO.C2H2O4/c1-2-20-18-10-6-5-9-17(18)14-19-12-11-15-7-3-4-8-16(15)13-19;3-1(4)2(5)6/h3-10H,2,11-14H2,1H3;(H,3,4)(H,5,6). The first-order valence-electron chi connectivity index (χ1n) is 8.47. The van der Waals surface area contributed by atoms with E-state index >= 15 is 0 Å². The van der Waals surface area contributed by atoms with Crippen molar-refractivity contribution in [3.05, 3.63) is 65.2 Å². The van der Waals surface area contributed by atoms with Gasteiger partial charge in [-0.05, 0) is 30.5 Å². The molecule has 0 amide bonds. The van der Waals surface area contributed by atoms with Crippen LogP contribution in [-0.4, -0.2) is 40.2 Å². The van der Waals surface area contributed by atoms with E-state index < -0.39 is 11.9 Å². The van der Waals surface area contributed by atoms with Gasteiger partial charge in [-0.1, -0.05) is 42.5 Å². The number of hydrogen-bond acceptors (Lipinski definition) is 4. The Balaban J connectivity index is 0.000000352. The normalized spacial score (nSPS) is 13.1. The molecule has 0 fully saturated rings. The lowest BCUT2D eigenvalue weighted by Gasteiger charge is -2.29. The molecular formula is C20H23NO5. The highest BCUT2D eigenvalue weighted by atomic mass is 16.5. The predicted octanol–water partition coefficient (Wildman–Crippen LogP) is 2.80. The molecule has 6 nitrogen and oxygen atoms in total. The molecule has 0 saturated heterocycles. The number of carboxylic acid groups (broad SMARTS) is 2. The summed E-state index contributed by atoms with van der Waals surface area (Å²) in [6.07, 6.45) is 1.15. The molecule has 2 aromatic carbocycles. The summed E-state index contributed by atoms with van der Waals surface area (Å²) in [6.45, 7) is 5.88. The van der Waals surface area contributed by atoms with Crippen molar-refractivity contribution in [3.8, 4) is 5.75 Å². The SMILES string of the molecule is CCOc1ccccc1CN1CCc2ccccc2C1.O=C(O)C(=O)O. The van der Waals surface area contributed by atoms with Gasteiger partial charge in [0.15, 0.2) is 0 Å². The monoisotopic (exact) mass is 357 g/mol. The number of aliphatic carboxylic acids is 2. The quantitative estimate of drug-likeness (QED) is 0.818. The molecule has 1 heterocycles. The summed E-state index contributed by atoms with van der Waals surface area (Å²) < 4.78 is 5.72. The molecule has 2 aromatic rings. The van der Waals surface area contributed by atoms with E-state index in [1.54, 1.807) is 0 Å². The van der Waals surface area contributed by atoms with Gasteiger partial charge < -0.3 is 14.9 Å². The summed E-state index contributed by atoms with van der Waals surface area (Å²) in [5.41, 5.74) is 4.25. The van der Waals surface area contributed by atoms with Crippen LogP contribution in [0.5, 0.6) is 5.75 Å².